The summed E-state index contributed by atoms with van der Waals surface area (Å²) in [5.74, 6) is 0.258. The molecule has 168 valence electrons. The molecule has 0 spiro atoms. The van der Waals surface area contributed by atoms with E-state index in [9.17, 15) is 14.7 Å². The van der Waals surface area contributed by atoms with Crippen molar-refractivity contribution in [2.45, 2.75) is 25.3 Å². The van der Waals surface area contributed by atoms with Crippen LogP contribution in [0, 0.1) is 0 Å². The van der Waals surface area contributed by atoms with Gasteiger partial charge in [-0.05, 0) is 59.5 Å². The van der Waals surface area contributed by atoms with Crippen LogP contribution in [0.5, 0.6) is 0 Å². The predicted octanol–water partition coefficient (Wildman–Crippen LogP) is 7.12. The highest BCUT2D eigenvalue weighted by molar-refractivity contribution is 6.33. The number of carboxylic acid groups (broad SMARTS) is 1. The van der Waals surface area contributed by atoms with Crippen molar-refractivity contribution in [3.8, 4) is 11.3 Å². The van der Waals surface area contributed by atoms with Crippen molar-refractivity contribution in [1.82, 2.24) is 0 Å². The molecule has 1 atom stereocenters. The summed E-state index contributed by atoms with van der Waals surface area (Å²) in [7, 11) is 0. The second kappa shape index (κ2) is 7.89. The quantitative estimate of drug-likeness (QED) is 0.333. The van der Waals surface area contributed by atoms with E-state index in [1.807, 2.05) is 24.3 Å². The molecule has 1 aliphatic carbocycles. The first-order chi connectivity index (χ1) is 16.5. The van der Waals surface area contributed by atoms with Gasteiger partial charge in [-0.25, -0.2) is 4.79 Å². The lowest BCUT2D eigenvalue weighted by atomic mass is 9.78. The lowest BCUT2D eigenvalue weighted by molar-refractivity contribution is -0.116. The molecular weight excluding hydrogens is 450 g/mol. The van der Waals surface area contributed by atoms with Gasteiger partial charge in [0, 0.05) is 28.8 Å². The Kier molecular flexibility index (Phi) is 4.82. The summed E-state index contributed by atoms with van der Waals surface area (Å²) in [6.45, 7) is 0. The number of allylic oxidation sites excluding steroid dienone is 1. The van der Waals surface area contributed by atoms with Gasteiger partial charge in [-0.3, -0.25) is 4.79 Å². The molecule has 2 N–H and O–H groups in total. The Labute approximate surface area is 200 Å². The second-order valence-corrected chi connectivity index (χ2v) is 9.06. The maximum atomic E-state index is 13.2. The van der Waals surface area contributed by atoms with E-state index >= 15 is 0 Å². The van der Waals surface area contributed by atoms with E-state index in [2.05, 4.69) is 29.6 Å². The number of nitrogens with one attached hydrogen (secondary N) is 1. The highest BCUT2D eigenvalue weighted by atomic mass is 35.5. The number of carboxylic acids is 1. The molecule has 0 saturated heterocycles. The van der Waals surface area contributed by atoms with E-state index in [-0.39, 0.29) is 22.4 Å². The Morgan fingerprint density at radius 1 is 1.03 bits per heavy atom. The SMILES string of the molecule is O=C1CCCC2=C1[C@H](c1ccc(-c3ccc(C(=O)O)c(Cl)c3)o1)Nc1ccc3ccccc3c12. The summed E-state index contributed by atoms with van der Waals surface area (Å²) in [4.78, 5) is 24.4. The fourth-order valence-electron chi connectivity index (χ4n) is 5.12. The molecule has 2 heterocycles. The van der Waals surface area contributed by atoms with Gasteiger partial charge in [-0.15, -0.1) is 0 Å². The van der Waals surface area contributed by atoms with E-state index < -0.39 is 5.97 Å². The first-order valence-corrected chi connectivity index (χ1v) is 11.6. The molecule has 4 aromatic rings. The Morgan fingerprint density at radius 3 is 2.71 bits per heavy atom. The number of rotatable bonds is 3. The number of halogens is 1. The number of carbonyl (C=O) groups is 2. The topological polar surface area (TPSA) is 79.5 Å². The van der Waals surface area contributed by atoms with E-state index in [0.29, 0.717) is 23.5 Å². The van der Waals surface area contributed by atoms with Crippen molar-refractivity contribution in [2.75, 3.05) is 5.32 Å². The maximum Gasteiger partial charge on any atom is 0.337 e. The summed E-state index contributed by atoms with van der Waals surface area (Å²) >= 11 is 6.16. The zero-order chi connectivity index (χ0) is 23.4. The lowest BCUT2D eigenvalue weighted by Crippen LogP contribution is -2.27. The Bertz CT molecular complexity index is 1530. The molecule has 0 unspecified atom stereocenters. The number of aromatic carboxylic acids is 1. The third kappa shape index (κ3) is 3.24. The summed E-state index contributed by atoms with van der Waals surface area (Å²) in [6.07, 6.45) is 2.21. The standard InChI is InChI=1S/C28H20ClNO4/c29-20-14-16(8-10-18(20)28(32)33)23-12-13-24(34-23)27-26-19(6-3-7-22(26)31)25-17-5-2-1-4-15(17)9-11-21(25)30-27/h1-2,4-5,8-14,27,30H,3,6-7H2,(H,32,33)/t27-/m0/s1. The van der Waals surface area contributed by atoms with Gasteiger partial charge in [0.05, 0.1) is 10.6 Å². The van der Waals surface area contributed by atoms with Crippen LogP contribution in [0.1, 0.15) is 47.0 Å². The van der Waals surface area contributed by atoms with Gasteiger partial charge in [0.25, 0.3) is 0 Å². The summed E-state index contributed by atoms with van der Waals surface area (Å²) in [5.41, 5.74) is 4.68. The van der Waals surface area contributed by atoms with Gasteiger partial charge in [0.2, 0.25) is 0 Å². The number of hydrogen-bond donors (Lipinski definition) is 2. The highest BCUT2D eigenvalue weighted by Crippen LogP contribution is 2.48. The Balaban J connectivity index is 1.46. The summed E-state index contributed by atoms with van der Waals surface area (Å²) in [5, 5.41) is 15.2. The van der Waals surface area contributed by atoms with Crippen LogP contribution in [0.3, 0.4) is 0 Å². The predicted molar refractivity (Wildman–Crippen MR) is 132 cm³/mol. The average Bonchev–Trinajstić information content (AvgIpc) is 3.33. The summed E-state index contributed by atoms with van der Waals surface area (Å²) in [6, 6.07) is 20.4. The van der Waals surface area contributed by atoms with Gasteiger partial charge >= 0.3 is 5.97 Å². The van der Waals surface area contributed by atoms with Crippen LogP contribution in [0.25, 0.3) is 27.7 Å². The molecule has 0 amide bonds. The first-order valence-electron chi connectivity index (χ1n) is 11.2. The van der Waals surface area contributed by atoms with Crippen LogP contribution in [-0.2, 0) is 4.79 Å². The number of ketones is 1. The van der Waals surface area contributed by atoms with Crippen LogP contribution in [0.2, 0.25) is 5.02 Å². The van der Waals surface area contributed by atoms with Gasteiger partial charge in [-0.2, -0.15) is 0 Å². The smallest absolute Gasteiger partial charge is 0.337 e. The van der Waals surface area contributed by atoms with Gasteiger partial charge in [0.15, 0.2) is 5.78 Å². The second-order valence-electron chi connectivity index (χ2n) is 8.66. The molecule has 0 fully saturated rings. The van der Waals surface area contributed by atoms with E-state index in [1.165, 1.54) is 6.07 Å². The van der Waals surface area contributed by atoms with Crippen LogP contribution in [0.4, 0.5) is 5.69 Å². The number of fused-ring (bicyclic) bond motifs is 4. The zero-order valence-corrected chi connectivity index (χ0v) is 18.9. The Morgan fingerprint density at radius 2 is 1.88 bits per heavy atom. The van der Waals surface area contributed by atoms with E-state index in [4.69, 9.17) is 16.0 Å². The fraction of sp³-hybridized carbons (Fsp3) is 0.143. The largest absolute Gasteiger partial charge is 0.478 e. The number of anilines is 1. The molecule has 1 aromatic heterocycles. The minimum Gasteiger partial charge on any atom is -0.478 e. The lowest BCUT2D eigenvalue weighted by Gasteiger charge is -2.34. The van der Waals surface area contributed by atoms with Crippen LogP contribution < -0.4 is 5.32 Å². The normalized spacial score (nSPS) is 17.3. The monoisotopic (exact) mass is 469 g/mol. The zero-order valence-electron chi connectivity index (χ0n) is 18.1. The maximum absolute atomic E-state index is 13.2. The number of benzene rings is 3. The highest BCUT2D eigenvalue weighted by Gasteiger charge is 2.36. The van der Waals surface area contributed by atoms with Gasteiger partial charge in [0.1, 0.15) is 17.6 Å². The molecule has 1 aliphatic heterocycles. The molecule has 2 aliphatic rings. The molecule has 3 aromatic carbocycles. The molecule has 6 rings (SSSR count). The van der Waals surface area contributed by atoms with Crippen LogP contribution in [-0.4, -0.2) is 16.9 Å². The molecular formula is C28H20ClNO4. The number of furan rings is 1. The van der Waals surface area contributed by atoms with Crippen LogP contribution in [0.15, 0.2) is 76.7 Å². The molecule has 0 radical (unpaired) electrons. The third-order valence-electron chi connectivity index (χ3n) is 6.67. The van der Waals surface area contributed by atoms with Crippen LogP contribution >= 0.6 is 11.6 Å². The van der Waals surface area contributed by atoms with E-state index in [0.717, 1.165) is 46.0 Å². The number of hydrogen-bond acceptors (Lipinski definition) is 4. The number of carbonyl (C=O) groups excluding carboxylic acids is 1. The minimum atomic E-state index is -1.08. The van der Waals surface area contributed by atoms with Gasteiger partial charge < -0.3 is 14.8 Å². The third-order valence-corrected chi connectivity index (χ3v) is 6.98. The number of Topliss-reactive ketones (excluding diaryl/α,β-unsaturated/α-hetero) is 1. The van der Waals surface area contributed by atoms with Gasteiger partial charge in [-0.1, -0.05) is 48.0 Å². The molecule has 0 bridgehead atoms. The van der Waals surface area contributed by atoms with Crippen molar-refractivity contribution >= 4 is 45.4 Å². The van der Waals surface area contributed by atoms with Crippen molar-refractivity contribution in [3.05, 3.63) is 94.2 Å². The first kappa shape index (κ1) is 20.8. The Hall–Kier alpha value is -3.83. The minimum absolute atomic E-state index is 0.0394. The molecule has 34 heavy (non-hydrogen) atoms. The summed E-state index contributed by atoms with van der Waals surface area (Å²) < 4.78 is 6.21. The van der Waals surface area contributed by atoms with E-state index in [1.54, 1.807) is 12.1 Å². The van der Waals surface area contributed by atoms with Crippen molar-refractivity contribution in [1.29, 1.82) is 0 Å². The molecule has 5 nitrogen and oxygen atoms in total. The van der Waals surface area contributed by atoms with Crippen molar-refractivity contribution in [2.24, 2.45) is 0 Å². The molecule has 6 heteroatoms. The van der Waals surface area contributed by atoms with Crippen molar-refractivity contribution in [3.63, 3.8) is 0 Å². The fourth-order valence-corrected chi connectivity index (χ4v) is 5.38. The molecule has 0 saturated carbocycles. The van der Waals surface area contributed by atoms with Crippen molar-refractivity contribution < 1.29 is 19.1 Å². The average molecular weight is 470 g/mol.